The molecule has 1 unspecified atom stereocenters. The predicted octanol–water partition coefficient (Wildman–Crippen LogP) is 1.98. The number of hydrogen-bond acceptors (Lipinski definition) is 4. The standard InChI is InChI=1S/C12H18O4/c1-3-15-12(14)8-10-4-6-11(7-5-10)16-9(2)13/h4,11H,3,5-8H2,1-2H3. The van der Waals surface area contributed by atoms with Crippen molar-refractivity contribution in [3.8, 4) is 0 Å². The summed E-state index contributed by atoms with van der Waals surface area (Å²) in [7, 11) is 0. The van der Waals surface area contributed by atoms with Gasteiger partial charge in [-0.3, -0.25) is 9.59 Å². The van der Waals surface area contributed by atoms with E-state index in [9.17, 15) is 9.59 Å². The Kier molecular flexibility index (Phi) is 5.02. The second kappa shape index (κ2) is 6.30. The molecule has 0 N–H and O–H groups in total. The highest BCUT2D eigenvalue weighted by Crippen LogP contribution is 2.23. The van der Waals surface area contributed by atoms with E-state index < -0.39 is 0 Å². The summed E-state index contributed by atoms with van der Waals surface area (Å²) < 4.78 is 9.96. The van der Waals surface area contributed by atoms with E-state index >= 15 is 0 Å². The van der Waals surface area contributed by atoms with E-state index in [4.69, 9.17) is 9.47 Å². The molecule has 0 saturated carbocycles. The van der Waals surface area contributed by atoms with E-state index in [1.54, 1.807) is 6.92 Å². The second-order valence-electron chi connectivity index (χ2n) is 3.85. The predicted molar refractivity (Wildman–Crippen MR) is 58.7 cm³/mol. The Hall–Kier alpha value is -1.32. The number of carbonyl (C=O) groups is 2. The summed E-state index contributed by atoms with van der Waals surface area (Å²) in [6.45, 7) is 3.63. The van der Waals surface area contributed by atoms with Gasteiger partial charge >= 0.3 is 11.9 Å². The van der Waals surface area contributed by atoms with Gasteiger partial charge in [-0.25, -0.2) is 0 Å². The van der Waals surface area contributed by atoms with Crippen LogP contribution in [0.4, 0.5) is 0 Å². The van der Waals surface area contributed by atoms with Gasteiger partial charge in [0.2, 0.25) is 0 Å². The van der Waals surface area contributed by atoms with Crippen LogP contribution in [0.25, 0.3) is 0 Å². The first-order valence-electron chi connectivity index (χ1n) is 5.62. The first kappa shape index (κ1) is 12.7. The molecule has 0 radical (unpaired) electrons. The van der Waals surface area contributed by atoms with Gasteiger partial charge < -0.3 is 9.47 Å². The average Bonchev–Trinajstić information content (AvgIpc) is 2.20. The second-order valence-corrected chi connectivity index (χ2v) is 3.85. The third-order valence-corrected chi connectivity index (χ3v) is 2.47. The van der Waals surface area contributed by atoms with Crippen LogP contribution in [-0.2, 0) is 19.1 Å². The van der Waals surface area contributed by atoms with Crippen LogP contribution in [0.15, 0.2) is 11.6 Å². The maximum absolute atomic E-state index is 11.2. The molecule has 0 aliphatic heterocycles. The van der Waals surface area contributed by atoms with Crippen molar-refractivity contribution in [3.05, 3.63) is 11.6 Å². The molecular weight excluding hydrogens is 208 g/mol. The zero-order valence-corrected chi connectivity index (χ0v) is 9.82. The topological polar surface area (TPSA) is 52.6 Å². The molecule has 1 aliphatic carbocycles. The van der Waals surface area contributed by atoms with Gasteiger partial charge in [-0.05, 0) is 19.8 Å². The van der Waals surface area contributed by atoms with Gasteiger partial charge in [0.25, 0.3) is 0 Å². The highest BCUT2D eigenvalue weighted by molar-refractivity contribution is 5.72. The van der Waals surface area contributed by atoms with Crippen LogP contribution < -0.4 is 0 Å². The summed E-state index contributed by atoms with van der Waals surface area (Å²) in [5.74, 6) is -0.424. The van der Waals surface area contributed by atoms with Crippen LogP contribution in [-0.4, -0.2) is 24.6 Å². The first-order chi connectivity index (χ1) is 7.61. The summed E-state index contributed by atoms with van der Waals surface area (Å²) in [5.41, 5.74) is 1.09. The van der Waals surface area contributed by atoms with Crippen LogP contribution in [0.5, 0.6) is 0 Å². The number of esters is 2. The number of carbonyl (C=O) groups excluding carboxylic acids is 2. The van der Waals surface area contributed by atoms with Crippen LogP contribution in [0.2, 0.25) is 0 Å². The first-order valence-corrected chi connectivity index (χ1v) is 5.62. The van der Waals surface area contributed by atoms with Crippen LogP contribution in [0, 0.1) is 0 Å². The molecule has 0 fully saturated rings. The Morgan fingerprint density at radius 3 is 2.75 bits per heavy atom. The van der Waals surface area contributed by atoms with E-state index in [2.05, 4.69) is 0 Å². The van der Waals surface area contributed by atoms with Gasteiger partial charge in [-0.2, -0.15) is 0 Å². The SMILES string of the molecule is CCOC(=O)CC1=CCC(OC(C)=O)CC1. The lowest BCUT2D eigenvalue weighted by molar-refractivity contribution is -0.147. The minimum atomic E-state index is -0.243. The van der Waals surface area contributed by atoms with Crippen LogP contribution in [0.1, 0.15) is 39.5 Å². The molecule has 4 nitrogen and oxygen atoms in total. The van der Waals surface area contributed by atoms with Crippen molar-refractivity contribution >= 4 is 11.9 Å². The molecule has 0 bridgehead atoms. The molecule has 90 valence electrons. The lowest BCUT2D eigenvalue weighted by atomic mass is 9.95. The third-order valence-electron chi connectivity index (χ3n) is 2.47. The van der Waals surface area contributed by atoms with Gasteiger partial charge in [0.1, 0.15) is 6.10 Å². The molecule has 0 amide bonds. The van der Waals surface area contributed by atoms with E-state index in [0.29, 0.717) is 19.4 Å². The summed E-state index contributed by atoms with van der Waals surface area (Å²) in [5, 5.41) is 0. The minimum Gasteiger partial charge on any atom is -0.466 e. The smallest absolute Gasteiger partial charge is 0.309 e. The minimum absolute atomic E-state index is 0.0246. The summed E-state index contributed by atoms with van der Waals surface area (Å²) >= 11 is 0. The highest BCUT2D eigenvalue weighted by atomic mass is 16.5. The zero-order chi connectivity index (χ0) is 12.0. The van der Waals surface area contributed by atoms with Crippen molar-refractivity contribution in [1.29, 1.82) is 0 Å². The van der Waals surface area contributed by atoms with Gasteiger partial charge in [-0.1, -0.05) is 11.6 Å². The van der Waals surface area contributed by atoms with Crippen molar-refractivity contribution in [1.82, 2.24) is 0 Å². The molecule has 16 heavy (non-hydrogen) atoms. The Balaban J connectivity index is 2.34. The van der Waals surface area contributed by atoms with Gasteiger partial charge in [0.15, 0.2) is 0 Å². The summed E-state index contributed by atoms with van der Waals surface area (Å²) in [6.07, 6.45) is 4.62. The van der Waals surface area contributed by atoms with Crippen LogP contribution >= 0.6 is 0 Å². The molecule has 0 heterocycles. The van der Waals surface area contributed by atoms with Crippen molar-refractivity contribution in [2.75, 3.05) is 6.61 Å². The molecule has 4 heteroatoms. The normalized spacial score (nSPS) is 19.9. The van der Waals surface area contributed by atoms with Crippen molar-refractivity contribution in [3.63, 3.8) is 0 Å². The number of hydrogen-bond donors (Lipinski definition) is 0. The van der Waals surface area contributed by atoms with E-state index in [-0.39, 0.29) is 18.0 Å². The lowest BCUT2D eigenvalue weighted by Crippen LogP contribution is -2.19. The molecular formula is C12H18O4. The molecule has 0 aromatic carbocycles. The van der Waals surface area contributed by atoms with E-state index in [0.717, 1.165) is 18.4 Å². The fraction of sp³-hybridized carbons (Fsp3) is 0.667. The highest BCUT2D eigenvalue weighted by Gasteiger charge is 2.18. The molecule has 0 aromatic rings. The Morgan fingerprint density at radius 1 is 1.50 bits per heavy atom. The fourth-order valence-corrected chi connectivity index (χ4v) is 1.76. The monoisotopic (exact) mass is 226 g/mol. The van der Waals surface area contributed by atoms with Crippen LogP contribution in [0.3, 0.4) is 0 Å². The molecule has 1 aliphatic rings. The third kappa shape index (κ3) is 4.47. The zero-order valence-electron chi connectivity index (χ0n) is 9.82. The van der Waals surface area contributed by atoms with E-state index in [1.165, 1.54) is 6.92 Å². The molecule has 0 aromatic heterocycles. The molecule has 1 atom stereocenters. The largest absolute Gasteiger partial charge is 0.466 e. The number of ether oxygens (including phenoxy) is 2. The lowest BCUT2D eigenvalue weighted by Gasteiger charge is -2.21. The Morgan fingerprint density at radius 2 is 2.25 bits per heavy atom. The Labute approximate surface area is 95.6 Å². The molecule has 0 saturated heterocycles. The average molecular weight is 226 g/mol. The van der Waals surface area contributed by atoms with Crippen molar-refractivity contribution in [2.24, 2.45) is 0 Å². The Bertz CT molecular complexity index is 293. The van der Waals surface area contributed by atoms with Crippen molar-refractivity contribution < 1.29 is 19.1 Å². The van der Waals surface area contributed by atoms with Gasteiger partial charge in [0.05, 0.1) is 13.0 Å². The summed E-state index contributed by atoms with van der Waals surface area (Å²) in [4.78, 5) is 22.0. The molecule has 1 rings (SSSR count). The quantitative estimate of drug-likeness (QED) is 0.543. The van der Waals surface area contributed by atoms with E-state index in [1.807, 2.05) is 6.08 Å². The van der Waals surface area contributed by atoms with Gasteiger partial charge in [-0.15, -0.1) is 0 Å². The summed E-state index contributed by atoms with van der Waals surface area (Å²) in [6, 6.07) is 0. The number of rotatable bonds is 4. The maximum Gasteiger partial charge on any atom is 0.309 e. The van der Waals surface area contributed by atoms with Crippen molar-refractivity contribution in [2.45, 2.75) is 45.6 Å². The fourth-order valence-electron chi connectivity index (χ4n) is 1.76. The molecule has 0 spiro atoms. The maximum atomic E-state index is 11.2. The van der Waals surface area contributed by atoms with Gasteiger partial charge in [0, 0.05) is 13.3 Å².